The summed E-state index contributed by atoms with van der Waals surface area (Å²) in [5.74, 6) is -4.37. The predicted octanol–water partition coefficient (Wildman–Crippen LogP) is 3.80. The smallest absolute Gasteiger partial charge is 0.308 e. The lowest BCUT2D eigenvalue weighted by Gasteiger charge is -2.23. The standard InChI is InChI=1S/C38H44N6O12/c1-37(2,3)55-31(45)19-29(41-33(47)25-11-15-27(16-12-25)43(51)52)35(49)39-21-23-7-9-24(10-8-23)22-40-36(50)30(20-32(46)56-38(4,5)6)42-34(48)26-13-17-28(18-14-26)44(53)54/h7-18,29-30H,19-22H2,1-6H3,(H,39,49)(H,40,50)(H,41,47)(H,42,48)/t29-,30-/m0/s1. The van der Waals surface area contributed by atoms with Crippen LogP contribution in [-0.2, 0) is 41.7 Å². The van der Waals surface area contributed by atoms with E-state index in [0.717, 1.165) is 24.3 Å². The summed E-state index contributed by atoms with van der Waals surface area (Å²) < 4.78 is 10.7. The first-order valence-corrected chi connectivity index (χ1v) is 17.3. The zero-order valence-electron chi connectivity index (χ0n) is 31.7. The number of amides is 4. The fourth-order valence-corrected chi connectivity index (χ4v) is 4.87. The van der Waals surface area contributed by atoms with E-state index in [-0.39, 0.29) is 35.6 Å². The number of ether oxygens (including phenoxy) is 2. The SMILES string of the molecule is CC(C)(C)OC(=O)C[C@H](NC(=O)c1ccc([N+](=O)[O-])cc1)C(=O)NCc1ccc(CNC(=O)[C@H](CC(=O)OC(C)(C)C)NC(=O)c2ccc([N+](=O)[O-])cc2)cc1. The van der Waals surface area contributed by atoms with Gasteiger partial charge in [0.25, 0.3) is 23.2 Å². The number of esters is 2. The monoisotopic (exact) mass is 776 g/mol. The lowest BCUT2D eigenvalue weighted by atomic mass is 10.1. The molecule has 298 valence electrons. The highest BCUT2D eigenvalue weighted by molar-refractivity contribution is 5.99. The van der Waals surface area contributed by atoms with Crippen molar-refractivity contribution in [1.29, 1.82) is 0 Å². The van der Waals surface area contributed by atoms with Gasteiger partial charge in [0.1, 0.15) is 23.3 Å². The van der Waals surface area contributed by atoms with E-state index in [1.807, 2.05) is 0 Å². The summed E-state index contributed by atoms with van der Waals surface area (Å²) in [5, 5.41) is 32.3. The number of carbonyl (C=O) groups is 6. The van der Waals surface area contributed by atoms with Crippen molar-refractivity contribution in [2.24, 2.45) is 0 Å². The summed E-state index contributed by atoms with van der Waals surface area (Å²) >= 11 is 0. The zero-order chi connectivity index (χ0) is 41.8. The molecule has 3 rings (SSSR count). The first-order valence-electron chi connectivity index (χ1n) is 17.3. The zero-order valence-corrected chi connectivity index (χ0v) is 31.7. The molecule has 0 aliphatic heterocycles. The molecule has 0 saturated carbocycles. The molecule has 0 aliphatic rings. The molecule has 0 heterocycles. The second-order valence-electron chi connectivity index (χ2n) is 14.5. The largest absolute Gasteiger partial charge is 0.460 e. The quantitative estimate of drug-likeness (QED) is 0.0921. The average Bonchev–Trinajstić information content (AvgIpc) is 3.11. The minimum Gasteiger partial charge on any atom is -0.460 e. The van der Waals surface area contributed by atoms with E-state index in [1.165, 1.54) is 24.3 Å². The Morgan fingerprint density at radius 1 is 0.554 bits per heavy atom. The van der Waals surface area contributed by atoms with Crippen molar-refractivity contribution < 1.29 is 48.1 Å². The van der Waals surface area contributed by atoms with E-state index in [4.69, 9.17) is 9.47 Å². The summed E-state index contributed by atoms with van der Waals surface area (Å²) in [6.07, 6.45) is -0.993. The first-order chi connectivity index (χ1) is 26.1. The van der Waals surface area contributed by atoms with Gasteiger partial charge in [0.05, 0.1) is 22.7 Å². The van der Waals surface area contributed by atoms with Gasteiger partial charge in [-0.1, -0.05) is 24.3 Å². The third-order valence-corrected chi connectivity index (χ3v) is 7.46. The second kappa shape index (κ2) is 19.0. The second-order valence-corrected chi connectivity index (χ2v) is 14.5. The number of nitro benzene ring substituents is 2. The summed E-state index contributed by atoms with van der Waals surface area (Å²) in [6, 6.07) is 13.4. The fourth-order valence-electron chi connectivity index (χ4n) is 4.87. The van der Waals surface area contributed by atoms with E-state index >= 15 is 0 Å². The van der Waals surface area contributed by atoms with Gasteiger partial charge in [-0.3, -0.25) is 49.0 Å². The van der Waals surface area contributed by atoms with Gasteiger partial charge in [-0.2, -0.15) is 0 Å². The maximum Gasteiger partial charge on any atom is 0.308 e. The van der Waals surface area contributed by atoms with Crippen LogP contribution in [0.25, 0.3) is 0 Å². The van der Waals surface area contributed by atoms with E-state index in [0.29, 0.717) is 11.1 Å². The van der Waals surface area contributed by atoms with Gasteiger partial charge in [0.2, 0.25) is 11.8 Å². The van der Waals surface area contributed by atoms with Gasteiger partial charge in [0, 0.05) is 48.5 Å². The molecule has 0 unspecified atom stereocenters. The van der Waals surface area contributed by atoms with Crippen LogP contribution in [-0.4, -0.2) is 68.7 Å². The normalized spacial score (nSPS) is 12.2. The maximum absolute atomic E-state index is 13.2. The van der Waals surface area contributed by atoms with Crippen molar-refractivity contribution in [3.05, 3.63) is 115 Å². The Labute approximate surface area is 322 Å². The molecule has 0 radical (unpaired) electrons. The van der Waals surface area contributed by atoms with Crippen LogP contribution < -0.4 is 21.3 Å². The number of carbonyl (C=O) groups excluding carboxylic acids is 6. The maximum atomic E-state index is 13.2. The summed E-state index contributed by atoms with van der Waals surface area (Å²) in [7, 11) is 0. The highest BCUT2D eigenvalue weighted by atomic mass is 16.6. The lowest BCUT2D eigenvalue weighted by molar-refractivity contribution is -0.385. The number of rotatable bonds is 16. The Bertz CT molecular complexity index is 1790. The Kier molecular flexibility index (Phi) is 14.9. The molecule has 3 aromatic rings. The third-order valence-electron chi connectivity index (χ3n) is 7.46. The number of nitrogens with one attached hydrogen (secondary N) is 4. The van der Waals surface area contributed by atoms with Crippen LogP contribution in [0.4, 0.5) is 11.4 Å². The molecule has 56 heavy (non-hydrogen) atoms. The molecule has 0 aromatic heterocycles. The molecule has 0 saturated heterocycles. The van der Waals surface area contributed by atoms with Crippen molar-refractivity contribution in [2.45, 2.75) is 90.8 Å². The molecule has 3 aromatic carbocycles. The highest BCUT2D eigenvalue weighted by Gasteiger charge is 2.29. The van der Waals surface area contributed by atoms with E-state index in [1.54, 1.807) is 65.8 Å². The van der Waals surface area contributed by atoms with Gasteiger partial charge < -0.3 is 30.7 Å². The van der Waals surface area contributed by atoms with Crippen LogP contribution in [0.1, 0.15) is 86.2 Å². The third kappa shape index (κ3) is 14.6. The Morgan fingerprint density at radius 3 is 1.12 bits per heavy atom. The molecule has 0 bridgehead atoms. The topological polar surface area (TPSA) is 255 Å². The fraction of sp³-hybridized carbons (Fsp3) is 0.368. The Morgan fingerprint density at radius 2 is 0.857 bits per heavy atom. The molecule has 18 heteroatoms. The molecule has 2 atom stereocenters. The molecule has 4 N–H and O–H groups in total. The van der Waals surface area contributed by atoms with Gasteiger partial charge in [-0.25, -0.2) is 0 Å². The number of hydrogen-bond acceptors (Lipinski definition) is 12. The Balaban J connectivity index is 1.65. The molecule has 18 nitrogen and oxygen atoms in total. The number of non-ortho nitro benzene ring substituents is 2. The van der Waals surface area contributed by atoms with E-state index in [2.05, 4.69) is 21.3 Å². The molecular formula is C38H44N6O12. The average molecular weight is 777 g/mol. The number of hydrogen-bond donors (Lipinski definition) is 4. The Hall–Kier alpha value is -6.72. The van der Waals surface area contributed by atoms with E-state index in [9.17, 15) is 49.0 Å². The molecule has 0 fully saturated rings. The number of nitro groups is 2. The van der Waals surface area contributed by atoms with Crippen molar-refractivity contribution >= 4 is 46.9 Å². The van der Waals surface area contributed by atoms with Crippen LogP contribution in [0.3, 0.4) is 0 Å². The van der Waals surface area contributed by atoms with E-state index < -0.39 is 81.5 Å². The number of benzene rings is 3. The van der Waals surface area contributed by atoms with Crippen molar-refractivity contribution in [1.82, 2.24) is 21.3 Å². The van der Waals surface area contributed by atoms with Crippen molar-refractivity contribution in [2.75, 3.05) is 0 Å². The predicted molar refractivity (Wildman–Crippen MR) is 200 cm³/mol. The molecule has 4 amide bonds. The number of nitrogens with zero attached hydrogens (tertiary/aromatic N) is 2. The van der Waals surface area contributed by atoms with Crippen LogP contribution in [0, 0.1) is 20.2 Å². The van der Waals surface area contributed by atoms with Crippen molar-refractivity contribution in [3.63, 3.8) is 0 Å². The summed E-state index contributed by atoms with van der Waals surface area (Å²) in [5.41, 5.74) is -0.884. The minimum atomic E-state index is -1.35. The van der Waals surface area contributed by atoms with Gasteiger partial charge in [-0.15, -0.1) is 0 Å². The van der Waals surface area contributed by atoms with Crippen LogP contribution in [0.5, 0.6) is 0 Å². The molecule has 0 spiro atoms. The highest BCUT2D eigenvalue weighted by Crippen LogP contribution is 2.16. The minimum absolute atomic E-state index is 0.0175. The van der Waals surface area contributed by atoms with Crippen LogP contribution >= 0.6 is 0 Å². The van der Waals surface area contributed by atoms with Crippen LogP contribution in [0.2, 0.25) is 0 Å². The summed E-state index contributed by atoms with van der Waals surface area (Å²) in [4.78, 5) is 98.3. The van der Waals surface area contributed by atoms with Crippen molar-refractivity contribution in [3.8, 4) is 0 Å². The van der Waals surface area contributed by atoms with Gasteiger partial charge >= 0.3 is 11.9 Å². The van der Waals surface area contributed by atoms with Crippen LogP contribution in [0.15, 0.2) is 72.8 Å². The molecule has 0 aliphatic carbocycles. The molecular weight excluding hydrogens is 732 g/mol. The summed E-state index contributed by atoms with van der Waals surface area (Å²) in [6.45, 7) is 9.85. The first kappa shape index (κ1) is 43.7. The van der Waals surface area contributed by atoms with Gasteiger partial charge in [0.15, 0.2) is 0 Å². The van der Waals surface area contributed by atoms with Gasteiger partial charge in [-0.05, 0) is 76.9 Å². The lowest BCUT2D eigenvalue weighted by Crippen LogP contribution is -2.48.